The molecule has 3 rings (SSSR count). The molecule has 21 heavy (non-hydrogen) atoms. The fourth-order valence-electron chi connectivity index (χ4n) is 2.38. The minimum atomic E-state index is -0.218. The number of urea groups is 1. The van der Waals surface area contributed by atoms with Crippen molar-refractivity contribution in [3.8, 4) is 0 Å². The van der Waals surface area contributed by atoms with E-state index in [-0.39, 0.29) is 6.03 Å². The molecule has 2 amide bonds. The van der Waals surface area contributed by atoms with E-state index < -0.39 is 0 Å². The number of hydrogen-bond donors (Lipinski definition) is 2. The van der Waals surface area contributed by atoms with E-state index >= 15 is 0 Å². The second-order valence-electron chi connectivity index (χ2n) is 5.08. The average Bonchev–Trinajstić information content (AvgIpc) is 2.54. The van der Waals surface area contributed by atoms with Crippen LogP contribution in [0.1, 0.15) is 12.8 Å². The predicted molar refractivity (Wildman–Crippen MR) is 84.2 cm³/mol. The van der Waals surface area contributed by atoms with Crippen molar-refractivity contribution < 1.29 is 9.53 Å². The molecule has 0 atom stereocenters. The van der Waals surface area contributed by atoms with Gasteiger partial charge in [-0.05, 0) is 41.3 Å². The van der Waals surface area contributed by atoms with E-state index in [0.29, 0.717) is 0 Å². The second-order valence-corrected chi connectivity index (χ2v) is 5.08. The molecule has 1 fully saturated rings. The zero-order chi connectivity index (χ0) is 14.5. The van der Waals surface area contributed by atoms with Gasteiger partial charge in [0.05, 0.1) is 13.2 Å². The molecule has 0 aliphatic carbocycles. The lowest BCUT2D eigenvalue weighted by Gasteiger charge is -2.14. The van der Waals surface area contributed by atoms with Crippen molar-refractivity contribution in [3.63, 3.8) is 0 Å². The molecular formula is C17H18N2O2. The van der Waals surface area contributed by atoms with E-state index in [1.165, 1.54) is 5.57 Å². The molecule has 0 spiro atoms. The van der Waals surface area contributed by atoms with Crippen LogP contribution < -0.4 is 10.6 Å². The summed E-state index contributed by atoms with van der Waals surface area (Å²) in [5.74, 6) is 0. The van der Waals surface area contributed by atoms with Gasteiger partial charge in [0.15, 0.2) is 0 Å². The number of nitrogens with one attached hydrogen (secondary N) is 2. The number of rotatable bonds is 2. The van der Waals surface area contributed by atoms with Crippen molar-refractivity contribution in [2.24, 2.45) is 0 Å². The van der Waals surface area contributed by atoms with Crippen LogP contribution >= 0.6 is 0 Å². The number of ether oxygens (including phenoxy) is 1. The Kier molecular flexibility index (Phi) is 4.17. The van der Waals surface area contributed by atoms with Crippen LogP contribution in [0.3, 0.4) is 0 Å². The van der Waals surface area contributed by atoms with Crippen LogP contribution in [0.5, 0.6) is 0 Å². The number of amides is 2. The van der Waals surface area contributed by atoms with Crippen LogP contribution in [0.4, 0.5) is 10.5 Å². The first-order valence-electron chi connectivity index (χ1n) is 7.13. The number of benzene rings is 2. The summed E-state index contributed by atoms with van der Waals surface area (Å²) >= 11 is 0. The Morgan fingerprint density at radius 2 is 1.81 bits per heavy atom. The summed E-state index contributed by atoms with van der Waals surface area (Å²) in [5, 5.41) is 7.90. The van der Waals surface area contributed by atoms with E-state index in [0.717, 1.165) is 42.5 Å². The number of carbonyl (C=O) groups excluding carboxylic acids is 1. The van der Waals surface area contributed by atoms with Gasteiger partial charge >= 0.3 is 6.03 Å². The van der Waals surface area contributed by atoms with Crippen LogP contribution in [-0.4, -0.2) is 19.2 Å². The fourth-order valence-corrected chi connectivity index (χ4v) is 2.38. The fraction of sp³-hybridized carbons (Fsp3) is 0.235. The Morgan fingerprint density at radius 3 is 2.62 bits per heavy atom. The summed E-state index contributed by atoms with van der Waals surface area (Å²) in [5.41, 5.74) is 2.01. The van der Waals surface area contributed by atoms with Crippen LogP contribution in [0, 0.1) is 0 Å². The summed E-state index contributed by atoms with van der Waals surface area (Å²) in [7, 11) is 0. The van der Waals surface area contributed by atoms with Gasteiger partial charge in [0.25, 0.3) is 0 Å². The molecule has 2 aromatic carbocycles. The average molecular weight is 282 g/mol. The largest absolute Gasteiger partial charge is 0.381 e. The predicted octanol–water partition coefficient (Wildman–Crippen LogP) is 3.66. The SMILES string of the molecule is O=C(NC=C1CCOCC1)Nc1ccc2ccccc2c1. The lowest BCUT2D eigenvalue weighted by Crippen LogP contribution is -2.25. The monoisotopic (exact) mass is 282 g/mol. The van der Waals surface area contributed by atoms with Crippen molar-refractivity contribution in [2.75, 3.05) is 18.5 Å². The third-order valence-corrected chi connectivity index (χ3v) is 3.55. The first-order valence-corrected chi connectivity index (χ1v) is 7.13. The molecular weight excluding hydrogens is 264 g/mol. The van der Waals surface area contributed by atoms with Crippen LogP contribution in [-0.2, 0) is 4.74 Å². The molecule has 0 bridgehead atoms. The number of fused-ring (bicyclic) bond motifs is 1. The molecule has 0 unspecified atom stereocenters. The van der Waals surface area contributed by atoms with Gasteiger partial charge in [0, 0.05) is 11.9 Å². The normalized spacial score (nSPS) is 14.8. The Bertz CT molecular complexity index is 671. The highest BCUT2D eigenvalue weighted by atomic mass is 16.5. The summed E-state index contributed by atoms with van der Waals surface area (Å²) in [6.07, 6.45) is 3.56. The number of hydrogen-bond acceptors (Lipinski definition) is 2. The van der Waals surface area contributed by atoms with Crippen LogP contribution in [0.15, 0.2) is 54.2 Å². The van der Waals surface area contributed by atoms with Gasteiger partial charge in [-0.1, -0.05) is 30.3 Å². The van der Waals surface area contributed by atoms with Crippen molar-refractivity contribution in [1.29, 1.82) is 0 Å². The van der Waals surface area contributed by atoms with Crippen molar-refractivity contribution >= 4 is 22.5 Å². The van der Waals surface area contributed by atoms with Gasteiger partial charge in [0.1, 0.15) is 0 Å². The first kappa shape index (κ1) is 13.6. The minimum Gasteiger partial charge on any atom is -0.381 e. The smallest absolute Gasteiger partial charge is 0.323 e. The third-order valence-electron chi connectivity index (χ3n) is 3.55. The highest BCUT2D eigenvalue weighted by molar-refractivity contribution is 5.93. The van der Waals surface area contributed by atoms with Crippen LogP contribution in [0.25, 0.3) is 10.8 Å². The quantitative estimate of drug-likeness (QED) is 0.883. The maximum atomic E-state index is 11.9. The Labute approximate surface area is 123 Å². The van der Waals surface area contributed by atoms with Crippen molar-refractivity contribution in [2.45, 2.75) is 12.8 Å². The molecule has 0 aromatic heterocycles. The van der Waals surface area contributed by atoms with Gasteiger partial charge in [0.2, 0.25) is 0 Å². The number of anilines is 1. The maximum absolute atomic E-state index is 11.9. The molecule has 1 aliphatic rings. The summed E-state index contributed by atoms with van der Waals surface area (Å²) in [4.78, 5) is 11.9. The molecule has 0 radical (unpaired) electrons. The molecule has 1 aliphatic heterocycles. The van der Waals surface area contributed by atoms with Gasteiger partial charge in [-0.2, -0.15) is 0 Å². The second kappa shape index (κ2) is 6.41. The highest BCUT2D eigenvalue weighted by Crippen LogP contribution is 2.18. The number of carbonyl (C=O) groups is 1. The van der Waals surface area contributed by atoms with E-state index in [1.807, 2.05) is 36.4 Å². The van der Waals surface area contributed by atoms with Crippen molar-refractivity contribution in [3.05, 3.63) is 54.2 Å². The summed E-state index contributed by atoms with van der Waals surface area (Å²) in [6, 6.07) is 13.7. The Hall–Kier alpha value is -2.33. The minimum absolute atomic E-state index is 0.218. The molecule has 4 nitrogen and oxygen atoms in total. The van der Waals surface area contributed by atoms with Gasteiger partial charge in [-0.25, -0.2) is 4.79 Å². The third kappa shape index (κ3) is 3.61. The van der Waals surface area contributed by atoms with Gasteiger partial charge in [-0.15, -0.1) is 0 Å². The van der Waals surface area contributed by atoms with E-state index in [4.69, 9.17) is 4.74 Å². The van der Waals surface area contributed by atoms with Crippen molar-refractivity contribution in [1.82, 2.24) is 5.32 Å². The zero-order valence-corrected chi connectivity index (χ0v) is 11.8. The van der Waals surface area contributed by atoms with Gasteiger partial charge < -0.3 is 15.4 Å². The summed E-state index contributed by atoms with van der Waals surface area (Å²) < 4.78 is 5.27. The van der Waals surface area contributed by atoms with E-state index in [9.17, 15) is 4.79 Å². The molecule has 2 N–H and O–H groups in total. The van der Waals surface area contributed by atoms with E-state index in [2.05, 4.69) is 16.7 Å². The van der Waals surface area contributed by atoms with Crippen LogP contribution in [0.2, 0.25) is 0 Å². The molecule has 108 valence electrons. The topological polar surface area (TPSA) is 50.4 Å². The molecule has 2 aromatic rings. The standard InChI is InChI=1S/C17H18N2O2/c20-17(18-12-13-7-9-21-10-8-13)19-16-6-5-14-3-1-2-4-15(14)11-16/h1-6,11-12H,7-10H2,(H2,18,19,20). The summed E-state index contributed by atoms with van der Waals surface area (Å²) in [6.45, 7) is 1.47. The molecule has 4 heteroatoms. The molecule has 1 heterocycles. The van der Waals surface area contributed by atoms with Gasteiger partial charge in [-0.3, -0.25) is 0 Å². The maximum Gasteiger partial charge on any atom is 0.323 e. The lowest BCUT2D eigenvalue weighted by atomic mass is 10.1. The molecule has 0 saturated carbocycles. The highest BCUT2D eigenvalue weighted by Gasteiger charge is 2.06. The lowest BCUT2D eigenvalue weighted by molar-refractivity contribution is 0.119. The first-order chi connectivity index (χ1) is 10.3. The Balaban J connectivity index is 1.63. The Morgan fingerprint density at radius 1 is 1.05 bits per heavy atom. The zero-order valence-electron chi connectivity index (χ0n) is 11.8. The molecule has 1 saturated heterocycles. The van der Waals surface area contributed by atoms with E-state index in [1.54, 1.807) is 6.20 Å².